The number of halogens is 1. The van der Waals surface area contributed by atoms with Crippen molar-refractivity contribution in [2.45, 2.75) is 45.4 Å². The zero-order valence-electron chi connectivity index (χ0n) is 16.4. The van der Waals surface area contributed by atoms with Gasteiger partial charge in [-0.15, -0.1) is 0 Å². The molecule has 1 aliphatic rings. The van der Waals surface area contributed by atoms with Crippen LogP contribution in [0.5, 0.6) is 0 Å². The Labute approximate surface area is 161 Å². The van der Waals surface area contributed by atoms with Crippen LogP contribution in [0.3, 0.4) is 0 Å². The maximum Gasteiger partial charge on any atom is 0.317 e. The van der Waals surface area contributed by atoms with Gasteiger partial charge in [0.1, 0.15) is 5.82 Å². The number of rotatable bonds is 10. The van der Waals surface area contributed by atoms with Gasteiger partial charge in [0.05, 0.1) is 0 Å². The summed E-state index contributed by atoms with van der Waals surface area (Å²) in [4.78, 5) is 28.4. The van der Waals surface area contributed by atoms with Crippen LogP contribution < -0.4 is 5.32 Å². The van der Waals surface area contributed by atoms with Gasteiger partial charge < -0.3 is 10.2 Å². The summed E-state index contributed by atoms with van der Waals surface area (Å²) in [7, 11) is 0. The van der Waals surface area contributed by atoms with Gasteiger partial charge in [-0.3, -0.25) is 9.69 Å². The summed E-state index contributed by atoms with van der Waals surface area (Å²) in [6, 6.07) is 5.76. The van der Waals surface area contributed by atoms with E-state index in [1.807, 2.05) is 4.90 Å². The summed E-state index contributed by atoms with van der Waals surface area (Å²) >= 11 is 0. The van der Waals surface area contributed by atoms with Gasteiger partial charge in [-0.1, -0.05) is 26.2 Å². The molecular formula is C21H32FN3O2. The highest BCUT2D eigenvalue weighted by molar-refractivity contribution is 5.95. The number of carbonyl (C=O) groups excluding carboxylic acids is 2. The van der Waals surface area contributed by atoms with Crippen molar-refractivity contribution >= 4 is 11.8 Å². The van der Waals surface area contributed by atoms with Crippen LogP contribution in [0.25, 0.3) is 0 Å². The SMILES string of the molecule is CCCCCCNC(=O)N1CCN(CCCC(=O)c2ccc(F)cc2)CC1. The van der Waals surface area contributed by atoms with Gasteiger partial charge in [0.15, 0.2) is 5.78 Å². The third kappa shape index (κ3) is 7.67. The molecule has 1 aromatic carbocycles. The highest BCUT2D eigenvalue weighted by Crippen LogP contribution is 2.09. The van der Waals surface area contributed by atoms with E-state index in [4.69, 9.17) is 0 Å². The maximum absolute atomic E-state index is 12.9. The molecule has 0 spiro atoms. The van der Waals surface area contributed by atoms with Gasteiger partial charge in [0.25, 0.3) is 0 Å². The van der Waals surface area contributed by atoms with Crippen LogP contribution in [0, 0.1) is 5.82 Å². The first-order valence-corrected chi connectivity index (χ1v) is 10.1. The van der Waals surface area contributed by atoms with Crippen molar-refractivity contribution in [3.8, 4) is 0 Å². The molecule has 0 bridgehead atoms. The zero-order chi connectivity index (χ0) is 19.5. The number of ketones is 1. The minimum Gasteiger partial charge on any atom is -0.338 e. The lowest BCUT2D eigenvalue weighted by Gasteiger charge is -2.34. The van der Waals surface area contributed by atoms with Crippen molar-refractivity contribution in [2.24, 2.45) is 0 Å². The van der Waals surface area contributed by atoms with Gasteiger partial charge in [-0.2, -0.15) is 0 Å². The average Bonchev–Trinajstić information content (AvgIpc) is 2.68. The molecule has 27 heavy (non-hydrogen) atoms. The topological polar surface area (TPSA) is 52.7 Å². The third-order valence-electron chi connectivity index (χ3n) is 5.01. The van der Waals surface area contributed by atoms with Gasteiger partial charge in [-0.25, -0.2) is 9.18 Å². The van der Waals surface area contributed by atoms with Crippen LogP contribution >= 0.6 is 0 Å². The molecule has 2 amide bonds. The molecule has 1 N–H and O–H groups in total. The van der Waals surface area contributed by atoms with Gasteiger partial charge >= 0.3 is 6.03 Å². The highest BCUT2D eigenvalue weighted by atomic mass is 19.1. The van der Waals surface area contributed by atoms with E-state index >= 15 is 0 Å². The minimum absolute atomic E-state index is 0.0395. The maximum atomic E-state index is 12.9. The summed E-state index contributed by atoms with van der Waals surface area (Å²) in [5.41, 5.74) is 0.567. The number of unbranched alkanes of at least 4 members (excludes halogenated alkanes) is 3. The summed E-state index contributed by atoms with van der Waals surface area (Å²) in [6.45, 7) is 6.92. The molecule has 1 saturated heterocycles. The van der Waals surface area contributed by atoms with E-state index in [1.165, 1.54) is 43.5 Å². The molecule has 0 saturated carbocycles. The Balaban J connectivity index is 1.58. The minimum atomic E-state index is -0.325. The molecule has 0 radical (unpaired) electrons. The first kappa shape index (κ1) is 21.4. The number of hydrogen-bond donors (Lipinski definition) is 1. The standard InChI is InChI=1S/C21H32FN3O2/c1-2-3-4-5-12-23-21(27)25-16-14-24(15-17-25)13-6-7-20(26)18-8-10-19(22)11-9-18/h8-11H,2-7,12-17H2,1H3,(H,23,27). The fraction of sp³-hybridized carbons (Fsp3) is 0.619. The largest absolute Gasteiger partial charge is 0.338 e. The molecule has 1 aromatic rings. The van der Waals surface area contributed by atoms with Crippen LogP contribution in [0.15, 0.2) is 24.3 Å². The van der Waals surface area contributed by atoms with E-state index in [9.17, 15) is 14.0 Å². The quantitative estimate of drug-likeness (QED) is 0.500. The van der Waals surface area contributed by atoms with Gasteiger partial charge in [0, 0.05) is 44.7 Å². The second-order valence-electron chi connectivity index (χ2n) is 7.15. The van der Waals surface area contributed by atoms with Crippen LogP contribution in [0.2, 0.25) is 0 Å². The highest BCUT2D eigenvalue weighted by Gasteiger charge is 2.20. The Kier molecular flexibility index (Phi) is 9.25. The van der Waals surface area contributed by atoms with Gasteiger partial charge in [0.2, 0.25) is 0 Å². The lowest BCUT2D eigenvalue weighted by atomic mass is 10.1. The second kappa shape index (κ2) is 11.7. The van der Waals surface area contributed by atoms with E-state index in [1.54, 1.807) is 0 Å². The summed E-state index contributed by atoms with van der Waals surface area (Å²) in [6.07, 6.45) is 5.87. The molecule has 1 fully saturated rings. The molecule has 6 heteroatoms. The lowest BCUT2D eigenvalue weighted by molar-refractivity contribution is 0.0968. The Hall–Kier alpha value is -1.95. The summed E-state index contributed by atoms with van der Waals surface area (Å²) in [5, 5.41) is 3.00. The molecule has 150 valence electrons. The van der Waals surface area contributed by atoms with Crippen LogP contribution in [0.1, 0.15) is 55.8 Å². The van der Waals surface area contributed by atoms with E-state index in [0.29, 0.717) is 12.0 Å². The van der Waals surface area contributed by atoms with Crippen LogP contribution in [-0.4, -0.2) is 60.9 Å². The fourth-order valence-electron chi connectivity index (χ4n) is 3.28. The average molecular weight is 378 g/mol. The van der Waals surface area contributed by atoms with Crippen LogP contribution in [0.4, 0.5) is 9.18 Å². The number of amides is 2. The molecule has 0 atom stereocenters. The van der Waals surface area contributed by atoms with E-state index in [2.05, 4.69) is 17.1 Å². The number of benzene rings is 1. The molecule has 1 heterocycles. The number of Topliss-reactive ketones (excluding diaryl/α,β-unsaturated/α-hetero) is 1. The monoisotopic (exact) mass is 377 g/mol. The fourth-order valence-corrected chi connectivity index (χ4v) is 3.28. The predicted octanol–water partition coefficient (Wildman–Crippen LogP) is 3.70. The Morgan fingerprint density at radius 2 is 1.70 bits per heavy atom. The van der Waals surface area contributed by atoms with Crippen molar-refractivity contribution in [3.63, 3.8) is 0 Å². The Morgan fingerprint density at radius 3 is 2.37 bits per heavy atom. The van der Waals surface area contributed by atoms with E-state index in [-0.39, 0.29) is 17.6 Å². The predicted molar refractivity (Wildman–Crippen MR) is 106 cm³/mol. The zero-order valence-corrected chi connectivity index (χ0v) is 16.4. The molecule has 1 aliphatic heterocycles. The Morgan fingerprint density at radius 1 is 1.00 bits per heavy atom. The molecular weight excluding hydrogens is 345 g/mol. The Bertz CT molecular complexity index is 584. The number of urea groups is 1. The number of piperazine rings is 1. The molecule has 2 rings (SSSR count). The second-order valence-corrected chi connectivity index (χ2v) is 7.15. The van der Waals surface area contributed by atoms with E-state index < -0.39 is 0 Å². The first-order chi connectivity index (χ1) is 13.1. The number of carbonyl (C=O) groups is 2. The summed E-state index contributed by atoms with van der Waals surface area (Å²) in [5.74, 6) is -0.273. The van der Waals surface area contributed by atoms with Crippen molar-refractivity contribution in [1.82, 2.24) is 15.1 Å². The molecule has 0 unspecified atom stereocenters. The van der Waals surface area contributed by atoms with Crippen molar-refractivity contribution < 1.29 is 14.0 Å². The first-order valence-electron chi connectivity index (χ1n) is 10.1. The molecule has 0 aromatic heterocycles. The van der Waals surface area contributed by atoms with Gasteiger partial charge in [-0.05, 0) is 43.7 Å². The smallest absolute Gasteiger partial charge is 0.317 e. The number of hydrogen-bond acceptors (Lipinski definition) is 3. The number of nitrogens with zero attached hydrogens (tertiary/aromatic N) is 2. The molecule has 0 aliphatic carbocycles. The van der Waals surface area contributed by atoms with Crippen molar-refractivity contribution in [1.29, 1.82) is 0 Å². The lowest BCUT2D eigenvalue weighted by Crippen LogP contribution is -2.52. The van der Waals surface area contributed by atoms with Crippen molar-refractivity contribution in [3.05, 3.63) is 35.6 Å². The third-order valence-corrected chi connectivity index (χ3v) is 5.01. The van der Waals surface area contributed by atoms with E-state index in [0.717, 1.165) is 52.1 Å². The normalized spacial score (nSPS) is 15.0. The molecule has 5 nitrogen and oxygen atoms in total. The van der Waals surface area contributed by atoms with Crippen molar-refractivity contribution in [2.75, 3.05) is 39.3 Å². The van der Waals surface area contributed by atoms with Crippen LogP contribution in [-0.2, 0) is 0 Å². The number of nitrogens with one attached hydrogen (secondary N) is 1. The summed E-state index contributed by atoms with van der Waals surface area (Å²) < 4.78 is 12.9.